The summed E-state index contributed by atoms with van der Waals surface area (Å²) < 4.78 is 27.4. The lowest BCUT2D eigenvalue weighted by atomic mass is 9.90. The maximum atomic E-state index is 13.3. The summed E-state index contributed by atoms with van der Waals surface area (Å²) in [4.78, 5) is 15.5. The van der Waals surface area contributed by atoms with Crippen molar-refractivity contribution in [3.05, 3.63) is 71.4 Å². The molecule has 0 spiro atoms. The van der Waals surface area contributed by atoms with Gasteiger partial charge in [-0.05, 0) is 36.8 Å². The van der Waals surface area contributed by atoms with Crippen molar-refractivity contribution in [2.75, 3.05) is 13.1 Å². The molecule has 1 amide bonds. The summed E-state index contributed by atoms with van der Waals surface area (Å²) in [7, 11) is -1.72. The first-order valence-corrected chi connectivity index (χ1v) is 12.3. The minimum atomic E-state index is -3.50. The lowest BCUT2D eigenvalue weighted by Crippen LogP contribution is -2.39. The maximum Gasteiger partial charge on any atom is 0.274 e. The average molecular weight is 436 g/mol. The normalized spacial score (nSPS) is 17.8. The van der Waals surface area contributed by atoms with Gasteiger partial charge < -0.3 is 4.90 Å². The van der Waals surface area contributed by atoms with Crippen molar-refractivity contribution in [3.8, 4) is 11.3 Å². The highest BCUT2D eigenvalue weighted by Crippen LogP contribution is 2.39. The molecule has 2 aromatic carbocycles. The summed E-state index contributed by atoms with van der Waals surface area (Å²) in [5, 5.41) is 4.48. The Kier molecular flexibility index (Phi) is 4.93. The van der Waals surface area contributed by atoms with Crippen molar-refractivity contribution in [1.29, 1.82) is 0 Å². The molecule has 2 aliphatic rings. The highest BCUT2D eigenvalue weighted by atomic mass is 32.2. The van der Waals surface area contributed by atoms with Crippen molar-refractivity contribution < 1.29 is 13.2 Å². The number of hydrogen-bond acceptors (Lipinski definition) is 4. The predicted octanol–water partition coefficient (Wildman–Crippen LogP) is 3.47. The Morgan fingerprint density at radius 1 is 1.03 bits per heavy atom. The van der Waals surface area contributed by atoms with E-state index in [4.69, 9.17) is 0 Å². The molecule has 5 rings (SSSR count). The van der Waals surface area contributed by atoms with E-state index in [0.29, 0.717) is 35.0 Å². The molecule has 1 aromatic heterocycles. The first-order valence-electron chi connectivity index (χ1n) is 10.7. The quantitative estimate of drug-likeness (QED) is 0.632. The summed E-state index contributed by atoms with van der Waals surface area (Å²) in [6.07, 6.45) is 2.91. The molecule has 0 unspecified atom stereocenters. The average Bonchev–Trinajstić information content (AvgIpc) is 3.10. The minimum absolute atomic E-state index is 0.162. The van der Waals surface area contributed by atoms with Gasteiger partial charge >= 0.3 is 0 Å². The van der Waals surface area contributed by atoms with Gasteiger partial charge in [0.1, 0.15) is 0 Å². The van der Waals surface area contributed by atoms with Gasteiger partial charge in [0, 0.05) is 31.3 Å². The van der Waals surface area contributed by atoms with E-state index >= 15 is 0 Å². The number of nitrogens with zero attached hydrogens (tertiary/aromatic N) is 3. The van der Waals surface area contributed by atoms with Crippen molar-refractivity contribution in [2.24, 2.45) is 13.0 Å². The van der Waals surface area contributed by atoms with Crippen LogP contribution in [0.1, 0.15) is 34.5 Å². The highest BCUT2D eigenvalue weighted by molar-refractivity contribution is 7.90. The van der Waals surface area contributed by atoms with E-state index in [1.807, 2.05) is 17.0 Å². The van der Waals surface area contributed by atoms with Crippen LogP contribution in [0.15, 0.2) is 59.5 Å². The number of benzene rings is 2. The lowest BCUT2D eigenvalue weighted by molar-refractivity contribution is 0.0683. The zero-order valence-electron chi connectivity index (χ0n) is 17.5. The molecule has 1 fully saturated rings. The summed E-state index contributed by atoms with van der Waals surface area (Å²) in [6, 6.07) is 17.4. The minimum Gasteiger partial charge on any atom is -0.337 e. The van der Waals surface area contributed by atoms with Crippen LogP contribution in [0.4, 0.5) is 0 Å². The van der Waals surface area contributed by atoms with E-state index < -0.39 is 9.84 Å². The van der Waals surface area contributed by atoms with Crippen LogP contribution < -0.4 is 0 Å². The lowest BCUT2D eigenvalue weighted by Gasteiger charge is -2.32. The molecule has 160 valence electrons. The molecule has 6 nitrogen and oxygen atoms in total. The molecule has 0 atom stereocenters. The van der Waals surface area contributed by atoms with Gasteiger partial charge in [-0.2, -0.15) is 5.10 Å². The summed E-state index contributed by atoms with van der Waals surface area (Å²) in [5.41, 5.74) is 3.48. The van der Waals surface area contributed by atoms with E-state index in [1.165, 1.54) is 5.56 Å². The van der Waals surface area contributed by atoms with Crippen LogP contribution in [0.2, 0.25) is 0 Å². The second-order valence-electron chi connectivity index (χ2n) is 8.48. The second-order valence-corrected chi connectivity index (χ2v) is 10.4. The van der Waals surface area contributed by atoms with Crippen LogP contribution in [0.25, 0.3) is 11.3 Å². The number of sulfone groups is 1. The molecule has 7 heteroatoms. The first kappa shape index (κ1) is 20.0. The number of likely N-dealkylation sites (tertiary alicyclic amines) is 1. The Morgan fingerprint density at radius 3 is 2.45 bits per heavy atom. The Bertz CT molecular complexity index is 1240. The number of rotatable bonds is 3. The van der Waals surface area contributed by atoms with Crippen LogP contribution >= 0.6 is 0 Å². The van der Waals surface area contributed by atoms with E-state index in [2.05, 4.69) is 29.4 Å². The molecular formula is C24H25N3O3S. The molecule has 0 radical (unpaired) electrons. The molecule has 0 saturated carbocycles. The highest BCUT2D eigenvalue weighted by Gasteiger charge is 2.36. The topological polar surface area (TPSA) is 72.3 Å². The van der Waals surface area contributed by atoms with Gasteiger partial charge in [0.15, 0.2) is 15.5 Å². The molecule has 2 aliphatic heterocycles. The number of fused-ring (bicyclic) bond motifs is 3. The van der Waals surface area contributed by atoms with Crippen molar-refractivity contribution in [2.45, 2.75) is 29.9 Å². The predicted molar refractivity (Wildman–Crippen MR) is 118 cm³/mol. The standard InChI is InChI=1S/C24H25N3O3S/c1-26-23-19-9-5-6-10-21(19)31(29,30)16-20(23)22(25-26)24(28)27-13-11-18(12-14-27)15-17-7-3-2-4-8-17/h2-10,18H,11-16H2,1H3. The van der Waals surface area contributed by atoms with Gasteiger partial charge in [-0.25, -0.2) is 8.42 Å². The van der Waals surface area contributed by atoms with Gasteiger partial charge in [-0.3, -0.25) is 9.48 Å². The van der Waals surface area contributed by atoms with Gasteiger partial charge in [0.25, 0.3) is 5.91 Å². The monoisotopic (exact) mass is 435 g/mol. The fourth-order valence-electron chi connectivity index (χ4n) is 4.85. The van der Waals surface area contributed by atoms with Gasteiger partial charge in [-0.1, -0.05) is 48.5 Å². The number of aromatic nitrogens is 2. The van der Waals surface area contributed by atoms with E-state index in [-0.39, 0.29) is 17.4 Å². The Balaban J connectivity index is 1.38. The molecule has 3 heterocycles. The van der Waals surface area contributed by atoms with Gasteiger partial charge in [0.2, 0.25) is 0 Å². The Hall–Kier alpha value is -2.93. The van der Waals surface area contributed by atoms with Crippen LogP contribution in [-0.2, 0) is 29.1 Å². The fraction of sp³-hybridized carbons (Fsp3) is 0.333. The molecule has 1 saturated heterocycles. The number of carbonyl (C=O) groups excluding carboxylic acids is 1. The van der Waals surface area contributed by atoms with Gasteiger partial charge in [0.05, 0.1) is 16.3 Å². The Morgan fingerprint density at radius 2 is 1.71 bits per heavy atom. The first-order chi connectivity index (χ1) is 14.9. The van der Waals surface area contributed by atoms with Crippen LogP contribution in [0, 0.1) is 5.92 Å². The van der Waals surface area contributed by atoms with E-state index in [1.54, 1.807) is 29.9 Å². The third kappa shape index (κ3) is 3.57. The summed E-state index contributed by atoms with van der Waals surface area (Å²) in [6.45, 7) is 1.34. The third-order valence-electron chi connectivity index (χ3n) is 6.43. The van der Waals surface area contributed by atoms with Crippen molar-refractivity contribution in [3.63, 3.8) is 0 Å². The SMILES string of the molecule is Cn1nc(C(=O)N2CCC(Cc3ccccc3)CC2)c2c1-c1ccccc1S(=O)(=O)C2. The summed E-state index contributed by atoms with van der Waals surface area (Å²) in [5.74, 6) is 0.208. The molecule has 31 heavy (non-hydrogen) atoms. The molecule has 0 aliphatic carbocycles. The number of hydrogen-bond donors (Lipinski definition) is 0. The zero-order chi connectivity index (χ0) is 21.6. The number of amides is 1. The third-order valence-corrected chi connectivity index (χ3v) is 8.12. The molecular weight excluding hydrogens is 410 g/mol. The Labute approximate surface area is 182 Å². The number of aryl methyl sites for hydroxylation is 1. The molecule has 3 aromatic rings. The van der Waals surface area contributed by atoms with E-state index in [9.17, 15) is 13.2 Å². The molecule has 0 N–H and O–H groups in total. The van der Waals surface area contributed by atoms with Crippen LogP contribution in [0.5, 0.6) is 0 Å². The van der Waals surface area contributed by atoms with Crippen molar-refractivity contribution >= 4 is 15.7 Å². The number of piperidine rings is 1. The fourth-order valence-corrected chi connectivity index (χ4v) is 6.45. The number of carbonyl (C=O) groups is 1. The van der Waals surface area contributed by atoms with Crippen LogP contribution in [0.3, 0.4) is 0 Å². The molecule has 0 bridgehead atoms. The zero-order valence-corrected chi connectivity index (χ0v) is 18.3. The smallest absolute Gasteiger partial charge is 0.274 e. The van der Waals surface area contributed by atoms with Crippen LogP contribution in [-0.4, -0.2) is 42.1 Å². The maximum absolute atomic E-state index is 13.3. The second kappa shape index (κ2) is 7.64. The van der Waals surface area contributed by atoms with E-state index in [0.717, 1.165) is 25.0 Å². The van der Waals surface area contributed by atoms with Crippen molar-refractivity contribution in [1.82, 2.24) is 14.7 Å². The van der Waals surface area contributed by atoms with Gasteiger partial charge in [-0.15, -0.1) is 0 Å². The summed E-state index contributed by atoms with van der Waals surface area (Å²) >= 11 is 0. The largest absolute Gasteiger partial charge is 0.337 e.